The van der Waals surface area contributed by atoms with Gasteiger partial charge in [-0.3, -0.25) is 0 Å². The molecule has 0 radical (unpaired) electrons. The first-order chi connectivity index (χ1) is 5.97. The third kappa shape index (κ3) is 3.83. The molecule has 0 aromatic heterocycles. The van der Waals surface area contributed by atoms with E-state index in [1.807, 2.05) is 6.92 Å². The number of rotatable bonds is 2. The van der Waals surface area contributed by atoms with Gasteiger partial charge in [0.1, 0.15) is 0 Å². The van der Waals surface area contributed by atoms with Crippen molar-refractivity contribution >= 4 is 13.1 Å². The minimum Gasteiger partial charge on any atom is -0.445 e. The second kappa shape index (κ2) is 3.68. The second-order valence-electron chi connectivity index (χ2n) is 2.90. The Labute approximate surface area is 75.1 Å². The normalized spacial score (nSPS) is 12.3. The summed E-state index contributed by atoms with van der Waals surface area (Å²) in [6, 6.07) is 6.88. The van der Waals surface area contributed by atoms with Crippen LogP contribution in [0.15, 0.2) is 30.2 Å². The van der Waals surface area contributed by atoms with Crippen LogP contribution in [0.25, 0.3) is 6.08 Å². The lowest BCUT2D eigenvalue weighted by atomic mass is 9.90. The number of hydrogen-bond acceptors (Lipinski definition) is 0. The zero-order valence-electron chi connectivity index (χ0n) is 7.18. The molecule has 0 bridgehead atoms. The van der Waals surface area contributed by atoms with Gasteiger partial charge in [-0.15, -0.1) is 5.98 Å². The number of benzene rings is 1. The van der Waals surface area contributed by atoms with Crippen molar-refractivity contribution in [2.24, 2.45) is 0 Å². The summed E-state index contributed by atoms with van der Waals surface area (Å²) in [5.41, 5.74) is 1.61. The van der Waals surface area contributed by atoms with E-state index >= 15 is 0 Å². The Balaban J connectivity index is 2.75. The Kier molecular flexibility index (Phi) is 2.81. The van der Waals surface area contributed by atoms with E-state index in [4.69, 9.17) is 0 Å². The molecule has 1 rings (SSSR count). The van der Waals surface area contributed by atoms with Crippen molar-refractivity contribution < 1.29 is 12.9 Å². The Morgan fingerprint density at radius 2 is 1.62 bits per heavy atom. The zero-order valence-corrected chi connectivity index (χ0v) is 7.18. The Morgan fingerprint density at radius 1 is 1.08 bits per heavy atom. The Hall–Kier alpha value is -1.19. The summed E-state index contributed by atoms with van der Waals surface area (Å²) in [4.78, 5) is 0. The molecule has 0 spiro atoms. The van der Waals surface area contributed by atoms with E-state index in [1.54, 1.807) is 24.3 Å². The van der Waals surface area contributed by atoms with Gasteiger partial charge in [0, 0.05) is 0 Å². The molecular weight excluding hydrogens is 176 g/mol. The van der Waals surface area contributed by atoms with Crippen LogP contribution >= 0.6 is 0 Å². The van der Waals surface area contributed by atoms with Crippen molar-refractivity contribution in [3.63, 3.8) is 0 Å². The molecule has 0 nitrogen and oxygen atoms in total. The van der Waals surface area contributed by atoms with Gasteiger partial charge in [0.15, 0.2) is 0 Å². The first kappa shape index (κ1) is 9.90. The van der Waals surface area contributed by atoms with E-state index in [9.17, 15) is 12.9 Å². The molecule has 0 N–H and O–H groups in total. The number of aryl methyl sites for hydroxylation is 1. The van der Waals surface area contributed by atoms with Crippen LogP contribution < -0.4 is 0 Å². The van der Waals surface area contributed by atoms with Crippen LogP contribution in [0.3, 0.4) is 0 Å². The number of hydrogen-bond donors (Lipinski definition) is 0. The van der Waals surface area contributed by atoms with Gasteiger partial charge in [0.05, 0.1) is 0 Å². The lowest BCUT2D eigenvalue weighted by molar-refractivity contribution is 0.499. The first-order valence-corrected chi connectivity index (χ1v) is 3.93. The highest BCUT2D eigenvalue weighted by molar-refractivity contribution is 6.64. The quantitative estimate of drug-likeness (QED) is 0.619. The summed E-state index contributed by atoms with van der Waals surface area (Å²) in [5, 5.41) is 0. The third-order valence-corrected chi connectivity index (χ3v) is 1.58. The fourth-order valence-corrected chi connectivity index (χ4v) is 0.898. The molecule has 0 heterocycles. The fourth-order valence-electron chi connectivity index (χ4n) is 0.898. The summed E-state index contributed by atoms with van der Waals surface area (Å²) >= 11 is 0. The van der Waals surface area contributed by atoms with E-state index in [0.717, 1.165) is 11.6 Å². The van der Waals surface area contributed by atoms with Crippen LogP contribution in [0, 0.1) is 6.92 Å². The smallest absolute Gasteiger partial charge is 0.445 e. The molecule has 0 fully saturated rings. The molecule has 0 saturated heterocycles. The average molecular weight is 185 g/mol. The highest BCUT2D eigenvalue weighted by Gasteiger charge is 2.16. The lowest BCUT2D eigenvalue weighted by Gasteiger charge is -2.06. The van der Waals surface area contributed by atoms with Crippen LogP contribution in [0.5, 0.6) is 0 Å². The van der Waals surface area contributed by atoms with Crippen LogP contribution in [-0.4, -0.2) is 6.98 Å². The van der Waals surface area contributed by atoms with E-state index in [2.05, 4.69) is 0 Å². The standard InChI is InChI=1S/C9H9BF3/c1-8-2-4-9(5-3-8)6-7-10(11,12)13/h2-7H,1H3/q-1/b7-6+. The third-order valence-electron chi connectivity index (χ3n) is 1.58. The summed E-state index contributed by atoms with van der Waals surface area (Å²) < 4.78 is 35.4. The molecule has 70 valence electrons. The number of halogens is 3. The van der Waals surface area contributed by atoms with Gasteiger partial charge in [-0.25, -0.2) is 0 Å². The minimum absolute atomic E-state index is 0.296. The monoisotopic (exact) mass is 185 g/mol. The van der Waals surface area contributed by atoms with Crippen molar-refractivity contribution in [3.8, 4) is 0 Å². The van der Waals surface area contributed by atoms with Crippen LogP contribution in [0.4, 0.5) is 12.9 Å². The fraction of sp³-hybridized carbons (Fsp3) is 0.111. The van der Waals surface area contributed by atoms with E-state index < -0.39 is 6.98 Å². The molecule has 0 saturated carbocycles. The molecule has 0 aliphatic heterocycles. The lowest BCUT2D eigenvalue weighted by Crippen LogP contribution is -2.09. The minimum atomic E-state index is -4.82. The highest BCUT2D eigenvalue weighted by Crippen LogP contribution is 2.13. The summed E-state index contributed by atoms with van der Waals surface area (Å²) in [7, 11) is 0. The molecule has 0 amide bonds. The Bertz CT molecular complexity index is 298. The van der Waals surface area contributed by atoms with Crippen LogP contribution in [0.2, 0.25) is 0 Å². The molecule has 0 unspecified atom stereocenters. The van der Waals surface area contributed by atoms with Gasteiger partial charge < -0.3 is 12.9 Å². The van der Waals surface area contributed by atoms with E-state index in [-0.39, 0.29) is 0 Å². The largest absolute Gasteiger partial charge is 0.502 e. The molecule has 0 aliphatic rings. The van der Waals surface area contributed by atoms with Gasteiger partial charge in [0.25, 0.3) is 0 Å². The second-order valence-corrected chi connectivity index (χ2v) is 2.90. The average Bonchev–Trinajstić information content (AvgIpc) is 2.02. The molecule has 13 heavy (non-hydrogen) atoms. The summed E-state index contributed by atoms with van der Waals surface area (Å²) in [6.07, 6.45) is 1.08. The molecule has 0 aliphatic carbocycles. The van der Waals surface area contributed by atoms with E-state index in [0.29, 0.717) is 11.5 Å². The summed E-state index contributed by atoms with van der Waals surface area (Å²) in [6.45, 7) is -2.93. The van der Waals surface area contributed by atoms with Gasteiger partial charge in [-0.05, 0) is 12.5 Å². The maximum absolute atomic E-state index is 11.8. The van der Waals surface area contributed by atoms with Gasteiger partial charge in [-0.2, -0.15) is 0 Å². The van der Waals surface area contributed by atoms with Crippen molar-refractivity contribution in [3.05, 3.63) is 41.4 Å². The van der Waals surface area contributed by atoms with Gasteiger partial charge >= 0.3 is 6.98 Å². The molecule has 1 aromatic rings. The first-order valence-electron chi connectivity index (χ1n) is 3.93. The predicted octanol–water partition coefficient (Wildman–Crippen LogP) is 3.39. The molecule has 1 aromatic carbocycles. The van der Waals surface area contributed by atoms with Crippen LogP contribution in [0.1, 0.15) is 11.1 Å². The molecule has 0 atom stereocenters. The van der Waals surface area contributed by atoms with Crippen molar-refractivity contribution in [2.45, 2.75) is 6.92 Å². The van der Waals surface area contributed by atoms with Gasteiger partial charge in [0.2, 0.25) is 0 Å². The zero-order chi connectivity index (χ0) is 9.90. The Morgan fingerprint density at radius 3 is 2.08 bits per heavy atom. The topological polar surface area (TPSA) is 0 Å². The van der Waals surface area contributed by atoms with E-state index in [1.165, 1.54) is 0 Å². The van der Waals surface area contributed by atoms with Crippen molar-refractivity contribution in [1.29, 1.82) is 0 Å². The molecule has 4 heteroatoms. The summed E-state index contributed by atoms with van der Waals surface area (Å²) in [5.74, 6) is 0.296. The SMILES string of the molecule is Cc1ccc(/C=C/[B-](F)(F)F)cc1. The van der Waals surface area contributed by atoms with Crippen molar-refractivity contribution in [2.75, 3.05) is 0 Å². The highest BCUT2D eigenvalue weighted by atomic mass is 19.4. The molecular formula is C9H9BF3-. The maximum atomic E-state index is 11.8. The van der Waals surface area contributed by atoms with Crippen LogP contribution in [-0.2, 0) is 0 Å². The maximum Gasteiger partial charge on any atom is 0.502 e. The van der Waals surface area contributed by atoms with Crippen molar-refractivity contribution in [1.82, 2.24) is 0 Å². The predicted molar refractivity (Wildman–Crippen MR) is 49.3 cm³/mol. The van der Waals surface area contributed by atoms with Gasteiger partial charge in [-0.1, -0.05) is 35.9 Å².